The normalized spacial score (nSPS) is 12.4. The molecule has 1 heterocycles. The number of hydrogen-bond donors (Lipinski definition) is 0. The Bertz CT molecular complexity index is 386. The van der Waals surface area contributed by atoms with Crippen molar-refractivity contribution in [1.29, 1.82) is 0 Å². The number of aromatic nitrogens is 1. The van der Waals surface area contributed by atoms with Crippen molar-refractivity contribution in [3.8, 4) is 0 Å². The Hall–Kier alpha value is -0.850. The fraction of sp³-hybridized carbons (Fsp3) is 0.800. The molecule has 0 saturated carbocycles. The number of pyridine rings is 1. The molecule has 1 heteroatoms. The summed E-state index contributed by atoms with van der Waals surface area (Å²) in [5, 5.41) is 0. The van der Waals surface area contributed by atoms with Gasteiger partial charge in [-0.3, -0.25) is 0 Å². The highest BCUT2D eigenvalue weighted by molar-refractivity contribution is 4.84. The van der Waals surface area contributed by atoms with Gasteiger partial charge in [0.1, 0.15) is 0 Å². The molecule has 0 saturated heterocycles. The van der Waals surface area contributed by atoms with Crippen LogP contribution in [0.1, 0.15) is 129 Å². The van der Waals surface area contributed by atoms with E-state index in [1.165, 1.54) is 109 Å². The molecule has 0 aromatic carbocycles. The Morgan fingerprint density at radius 2 is 0.885 bits per heavy atom. The molecule has 0 amide bonds. The van der Waals surface area contributed by atoms with Crippen LogP contribution in [0.2, 0.25) is 0 Å². The molecule has 1 atom stereocenters. The lowest BCUT2D eigenvalue weighted by Gasteiger charge is -2.12. The van der Waals surface area contributed by atoms with Crippen molar-refractivity contribution in [2.75, 3.05) is 0 Å². The monoisotopic (exact) mass is 360 g/mol. The maximum atomic E-state index is 2.47. The molecule has 1 rings (SSSR count). The van der Waals surface area contributed by atoms with E-state index in [-0.39, 0.29) is 0 Å². The number of nitrogens with zero attached hydrogens (tertiary/aromatic N) is 1. The lowest BCUT2D eigenvalue weighted by Crippen LogP contribution is -2.38. The fourth-order valence-corrected chi connectivity index (χ4v) is 3.95. The van der Waals surface area contributed by atoms with Crippen molar-refractivity contribution in [2.24, 2.45) is 0 Å². The van der Waals surface area contributed by atoms with E-state index in [9.17, 15) is 0 Å². The number of hydrogen-bond acceptors (Lipinski definition) is 0. The van der Waals surface area contributed by atoms with Crippen LogP contribution >= 0.6 is 0 Å². The van der Waals surface area contributed by atoms with Gasteiger partial charge in [0.05, 0.1) is 0 Å². The molecular weight excluding hydrogens is 314 g/mol. The SMILES string of the molecule is CCCCCCCCCCCCC(CCCCCCC)[n+]1ccccc1. The summed E-state index contributed by atoms with van der Waals surface area (Å²) in [6.07, 6.45) is 28.6. The third-order valence-corrected chi connectivity index (χ3v) is 5.69. The van der Waals surface area contributed by atoms with E-state index in [0.29, 0.717) is 6.04 Å². The molecular formula is C25H46N+. The standard InChI is InChI=1S/C25H46N/c1-3-5-7-9-10-11-12-13-15-18-22-25(21-17-14-8-6-4-2)26-23-19-16-20-24-26/h16,19-20,23-25H,3-15,17-18,21-22H2,1-2H3/q+1. The van der Waals surface area contributed by atoms with Crippen LogP contribution in [0.15, 0.2) is 30.6 Å². The molecule has 150 valence electrons. The molecule has 0 fully saturated rings. The van der Waals surface area contributed by atoms with Gasteiger partial charge in [0.15, 0.2) is 18.4 Å². The van der Waals surface area contributed by atoms with Gasteiger partial charge >= 0.3 is 0 Å². The second kappa shape index (κ2) is 17.6. The predicted molar refractivity (Wildman–Crippen MR) is 116 cm³/mol. The van der Waals surface area contributed by atoms with E-state index in [1.807, 2.05) is 0 Å². The van der Waals surface area contributed by atoms with Crippen molar-refractivity contribution in [1.82, 2.24) is 0 Å². The second-order valence-corrected chi connectivity index (χ2v) is 8.15. The maximum Gasteiger partial charge on any atom is 0.169 e. The maximum absolute atomic E-state index is 2.47. The topological polar surface area (TPSA) is 3.88 Å². The second-order valence-electron chi connectivity index (χ2n) is 8.15. The summed E-state index contributed by atoms with van der Waals surface area (Å²) in [6, 6.07) is 7.22. The Labute approximate surface area is 164 Å². The molecule has 1 aromatic heterocycles. The van der Waals surface area contributed by atoms with Crippen LogP contribution in [0.5, 0.6) is 0 Å². The van der Waals surface area contributed by atoms with Gasteiger partial charge in [-0.15, -0.1) is 0 Å². The third kappa shape index (κ3) is 12.5. The highest BCUT2D eigenvalue weighted by Gasteiger charge is 2.16. The van der Waals surface area contributed by atoms with E-state index in [2.05, 4.69) is 49.0 Å². The van der Waals surface area contributed by atoms with Crippen molar-refractivity contribution in [3.63, 3.8) is 0 Å². The van der Waals surface area contributed by atoms with E-state index >= 15 is 0 Å². The third-order valence-electron chi connectivity index (χ3n) is 5.69. The molecule has 1 nitrogen and oxygen atoms in total. The Balaban J connectivity index is 2.14. The summed E-state index contributed by atoms with van der Waals surface area (Å²) in [5.41, 5.74) is 0. The first-order valence-electron chi connectivity index (χ1n) is 11.8. The van der Waals surface area contributed by atoms with Gasteiger partial charge in [0.25, 0.3) is 0 Å². The summed E-state index contributed by atoms with van der Waals surface area (Å²) < 4.78 is 2.47. The number of unbranched alkanes of at least 4 members (excludes halogenated alkanes) is 13. The summed E-state index contributed by atoms with van der Waals surface area (Å²) in [6.45, 7) is 4.60. The highest BCUT2D eigenvalue weighted by atomic mass is 15.0. The zero-order chi connectivity index (χ0) is 18.7. The molecule has 0 aliphatic carbocycles. The minimum Gasteiger partial charge on any atom is -0.202 e. The van der Waals surface area contributed by atoms with Gasteiger partial charge in [-0.25, -0.2) is 4.57 Å². The van der Waals surface area contributed by atoms with Gasteiger partial charge in [0, 0.05) is 25.0 Å². The minimum atomic E-state index is 0.715. The fourth-order valence-electron chi connectivity index (χ4n) is 3.95. The largest absolute Gasteiger partial charge is 0.202 e. The van der Waals surface area contributed by atoms with Crippen LogP contribution in [-0.4, -0.2) is 0 Å². The van der Waals surface area contributed by atoms with Gasteiger partial charge in [-0.2, -0.15) is 0 Å². The summed E-state index contributed by atoms with van der Waals surface area (Å²) in [7, 11) is 0. The lowest BCUT2D eigenvalue weighted by molar-refractivity contribution is -0.724. The van der Waals surface area contributed by atoms with Crippen molar-refractivity contribution in [2.45, 2.75) is 129 Å². The van der Waals surface area contributed by atoms with Gasteiger partial charge < -0.3 is 0 Å². The summed E-state index contributed by atoms with van der Waals surface area (Å²) in [5.74, 6) is 0. The van der Waals surface area contributed by atoms with E-state index in [0.717, 1.165) is 0 Å². The molecule has 0 bridgehead atoms. The smallest absolute Gasteiger partial charge is 0.169 e. The van der Waals surface area contributed by atoms with Crippen LogP contribution in [0.3, 0.4) is 0 Å². The summed E-state index contributed by atoms with van der Waals surface area (Å²) in [4.78, 5) is 0. The zero-order valence-corrected chi connectivity index (χ0v) is 17.9. The molecule has 26 heavy (non-hydrogen) atoms. The van der Waals surface area contributed by atoms with Crippen LogP contribution < -0.4 is 4.57 Å². The van der Waals surface area contributed by atoms with Crippen LogP contribution in [0, 0.1) is 0 Å². The van der Waals surface area contributed by atoms with Gasteiger partial charge in [-0.05, 0) is 12.8 Å². The van der Waals surface area contributed by atoms with E-state index in [1.54, 1.807) is 0 Å². The first kappa shape index (κ1) is 23.2. The Morgan fingerprint density at radius 1 is 0.500 bits per heavy atom. The van der Waals surface area contributed by atoms with Crippen molar-refractivity contribution < 1.29 is 4.57 Å². The zero-order valence-electron chi connectivity index (χ0n) is 17.9. The Kier molecular flexibility index (Phi) is 15.7. The first-order valence-corrected chi connectivity index (χ1v) is 11.8. The average Bonchev–Trinajstić information content (AvgIpc) is 2.68. The molecule has 0 N–H and O–H groups in total. The number of rotatable bonds is 18. The molecule has 1 unspecified atom stereocenters. The molecule has 0 aliphatic heterocycles. The minimum absolute atomic E-state index is 0.715. The highest BCUT2D eigenvalue weighted by Crippen LogP contribution is 2.19. The van der Waals surface area contributed by atoms with Gasteiger partial charge in [-0.1, -0.05) is 103 Å². The van der Waals surface area contributed by atoms with Crippen LogP contribution in [0.4, 0.5) is 0 Å². The molecule has 0 spiro atoms. The Morgan fingerprint density at radius 3 is 1.31 bits per heavy atom. The van der Waals surface area contributed by atoms with E-state index < -0.39 is 0 Å². The first-order chi connectivity index (χ1) is 12.9. The summed E-state index contributed by atoms with van der Waals surface area (Å²) >= 11 is 0. The quantitative estimate of drug-likeness (QED) is 0.183. The van der Waals surface area contributed by atoms with Gasteiger partial charge in [0.2, 0.25) is 0 Å². The average molecular weight is 361 g/mol. The van der Waals surface area contributed by atoms with E-state index in [4.69, 9.17) is 0 Å². The van der Waals surface area contributed by atoms with Crippen LogP contribution in [-0.2, 0) is 0 Å². The predicted octanol–water partition coefficient (Wildman–Crippen LogP) is 8.19. The molecule has 1 aromatic rings. The molecule has 0 radical (unpaired) electrons. The van der Waals surface area contributed by atoms with Crippen molar-refractivity contribution in [3.05, 3.63) is 30.6 Å². The van der Waals surface area contributed by atoms with Crippen molar-refractivity contribution >= 4 is 0 Å². The lowest BCUT2D eigenvalue weighted by atomic mass is 9.99. The van der Waals surface area contributed by atoms with Crippen LogP contribution in [0.25, 0.3) is 0 Å². The molecule has 0 aliphatic rings.